The lowest BCUT2D eigenvalue weighted by molar-refractivity contribution is 0.0593. The lowest BCUT2D eigenvalue weighted by Crippen LogP contribution is -2.44. The molecule has 3 N–H and O–H groups in total. The Hall–Kier alpha value is -2.33. The minimum atomic E-state index is -1.10. The molecule has 2 rings (SSSR count). The first-order valence-corrected chi connectivity index (χ1v) is 7.36. The Kier molecular flexibility index (Phi) is 5.17. The molecule has 0 radical (unpaired) electrons. The van der Waals surface area contributed by atoms with Crippen LogP contribution in [-0.2, 0) is 5.60 Å². The van der Waals surface area contributed by atoms with Crippen molar-refractivity contribution in [2.75, 3.05) is 6.54 Å². The molecule has 0 fully saturated rings. The van der Waals surface area contributed by atoms with Crippen LogP contribution in [-0.4, -0.2) is 17.7 Å². The van der Waals surface area contributed by atoms with Gasteiger partial charge in [-0.3, -0.25) is 0 Å². The van der Waals surface area contributed by atoms with Gasteiger partial charge in [-0.25, -0.2) is 4.79 Å². The van der Waals surface area contributed by atoms with Crippen molar-refractivity contribution in [1.82, 2.24) is 10.6 Å². The summed E-state index contributed by atoms with van der Waals surface area (Å²) < 4.78 is 0. The van der Waals surface area contributed by atoms with Crippen LogP contribution in [0.5, 0.6) is 0 Å². The monoisotopic (exact) mass is 298 g/mol. The number of carbonyl (C=O) groups excluding carboxylic acids is 1. The fourth-order valence-electron chi connectivity index (χ4n) is 2.22. The number of benzene rings is 2. The summed E-state index contributed by atoms with van der Waals surface area (Å²) in [6.45, 7) is 3.75. The Bertz CT molecular complexity index is 597. The quantitative estimate of drug-likeness (QED) is 0.795. The molecule has 22 heavy (non-hydrogen) atoms. The summed E-state index contributed by atoms with van der Waals surface area (Å²) in [4.78, 5) is 12.0. The van der Waals surface area contributed by atoms with E-state index in [9.17, 15) is 9.90 Å². The van der Waals surface area contributed by atoms with Crippen molar-refractivity contribution in [3.05, 3.63) is 71.8 Å². The zero-order valence-electron chi connectivity index (χ0n) is 12.9. The van der Waals surface area contributed by atoms with Gasteiger partial charge < -0.3 is 15.7 Å². The number of amides is 2. The van der Waals surface area contributed by atoms with Crippen molar-refractivity contribution < 1.29 is 9.90 Å². The van der Waals surface area contributed by atoms with Gasteiger partial charge in [-0.2, -0.15) is 0 Å². The Labute approximate surface area is 131 Å². The molecule has 2 amide bonds. The van der Waals surface area contributed by atoms with Gasteiger partial charge in [0.1, 0.15) is 5.60 Å². The zero-order chi connectivity index (χ0) is 16.0. The molecule has 0 bridgehead atoms. The van der Waals surface area contributed by atoms with Gasteiger partial charge in [-0.05, 0) is 25.0 Å². The average Bonchev–Trinajstić information content (AvgIpc) is 2.55. The second-order valence-electron chi connectivity index (χ2n) is 5.60. The van der Waals surface area contributed by atoms with Crippen LogP contribution in [0, 0.1) is 0 Å². The standard InChI is InChI=1S/C18H22N2O2/c1-14(15-9-5-3-6-10-15)20-17(21)19-13-18(2,22)16-11-7-4-8-12-16/h3-12,14,22H,13H2,1-2H3,(H2,19,20,21)/t14-,18+/m1/s1. The number of hydrogen-bond donors (Lipinski definition) is 3. The summed E-state index contributed by atoms with van der Waals surface area (Å²) in [5.74, 6) is 0. The number of aliphatic hydroxyl groups is 1. The molecule has 2 atom stereocenters. The Balaban J connectivity index is 1.88. The topological polar surface area (TPSA) is 61.4 Å². The largest absolute Gasteiger partial charge is 0.384 e. The molecular formula is C18H22N2O2. The molecule has 0 saturated carbocycles. The fraction of sp³-hybridized carbons (Fsp3) is 0.278. The summed E-state index contributed by atoms with van der Waals surface area (Å²) in [5, 5.41) is 16.0. The maximum atomic E-state index is 12.0. The second-order valence-corrected chi connectivity index (χ2v) is 5.60. The van der Waals surface area contributed by atoms with Crippen molar-refractivity contribution in [3.8, 4) is 0 Å². The predicted octanol–water partition coefficient (Wildman–Crippen LogP) is 2.95. The van der Waals surface area contributed by atoms with Crippen LogP contribution in [0.1, 0.15) is 31.0 Å². The highest BCUT2D eigenvalue weighted by molar-refractivity contribution is 5.74. The Morgan fingerprint density at radius 1 is 1.09 bits per heavy atom. The Morgan fingerprint density at radius 3 is 2.23 bits per heavy atom. The molecule has 4 heteroatoms. The smallest absolute Gasteiger partial charge is 0.315 e. The molecule has 0 heterocycles. The van der Waals surface area contributed by atoms with Crippen LogP contribution in [0.15, 0.2) is 60.7 Å². The molecule has 0 spiro atoms. The van der Waals surface area contributed by atoms with Gasteiger partial charge in [0.15, 0.2) is 0 Å². The van der Waals surface area contributed by atoms with Crippen LogP contribution in [0.25, 0.3) is 0 Å². The highest BCUT2D eigenvalue weighted by Crippen LogP contribution is 2.19. The second kappa shape index (κ2) is 7.09. The van der Waals surface area contributed by atoms with Gasteiger partial charge >= 0.3 is 6.03 Å². The van der Waals surface area contributed by atoms with E-state index < -0.39 is 5.60 Å². The molecule has 4 nitrogen and oxygen atoms in total. The normalized spacial score (nSPS) is 14.7. The van der Waals surface area contributed by atoms with E-state index in [1.54, 1.807) is 6.92 Å². The first-order chi connectivity index (χ1) is 10.5. The number of rotatable bonds is 5. The summed E-state index contributed by atoms with van der Waals surface area (Å²) in [6, 6.07) is 18.6. The van der Waals surface area contributed by atoms with Crippen LogP contribution in [0.3, 0.4) is 0 Å². The van der Waals surface area contributed by atoms with E-state index in [1.165, 1.54) is 0 Å². The van der Waals surface area contributed by atoms with Crippen molar-refractivity contribution in [2.45, 2.75) is 25.5 Å². The maximum Gasteiger partial charge on any atom is 0.315 e. The van der Waals surface area contributed by atoms with E-state index in [1.807, 2.05) is 67.6 Å². The van der Waals surface area contributed by atoms with Crippen molar-refractivity contribution in [3.63, 3.8) is 0 Å². The number of hydrogen-bond acceptors (Lipinski definition) is 2. The summed E-state index contributed by atoms with van der Waals surface area (Å²) in [7, 11) is 0. The third kappa shape index (κ3) is 4.33. The van der Waals surface area contributed by atoms with Gasteiger partial charge in [-0.15, -0.1) is 0 Å². The van der Waals surface area contributed by atoms with Crippen molar-refractivity contribution >= 4 is 6.03 Å². The molecule has 2 aromatic carbocycles. The summed E-state index contributed by atoms with van der Waals surface area (Å²) >= 11 is 0. The molecule has 0 aliphatic rings. The zero-order valence-corrected chi connectivity index (χ0v) is 12.9. The molecule has 0 saturated heterocycles. The van der Waals surface area contributed by atoms with E-state index in [0.717, 1.165) is 11.1 Å². The summed E-state index contributed by atoms with van der Waals surface area (Å²) in [6.07, 6.45) is 0. The van der Waals surface area contributed by atoms with E-state index in [2.05, 4.69) is 10.6 Å². The molecule has 0 aromatic heterocycles. The minimum absolute atomic E-state index is 0.0946. The fourth-order valence-corrected chi connectivity index (χ4v) is 2.22. The lowest BCUT2D eigenvalue weighted by atomic mass is 9.96. The van der Waals surface area contributed by atoms with Gasteiger partial charge in [0.2, 0.25) is 0 Å². The van der Waals surface area contributed by atoms with E-state index in [-0.39, 0.29) is 18.6 Å². The highest BCUT2D eigenvalue weighted by Gasteiger charge is 2.23. The molecule has 0 aliphatic heterocycles. The molecule has 0 aliphatic carbocycles. The molecule has 0 unspecified atom stereocenters. The van der Waals surface area contributed by atoms with Crippen LogP contribution < -0.4 is 10.6 Å². The Morgan fingerprint density at radius 2 is 1.64 bits per heavy atom. The van der Waals surface area contributed by atoms with Crippen LogP contribution in [0.2, 0.25) is 0 Å². The number of urea groups is 1. The van der Waals surface area contributed by atoms with Crippen LogP contribution in [0.4, 0.5) is 4.79 Å². The molecule has 2 aromatic rings. The van der Waals surface area contributed by atoms with E-state index in [4.69, 9.17) is 0 Å². The first-order valence-electron chi connectivity index (χ1n) is 7.36. The minimum Gasteiger partial charge on any atom is -0.384 e. The average molecular weight is 298 g/mol. The van der Waals surface area contributed by atoms with Crippen molar-refractivity contribution in [2.24, 2.45) is 0 Å². The molecule has 116 valence electrons. The predicted molar refractivity (Wildman–Crippen MR) is 87.4 cm³/mol. The van der Waals surface area contributed by atoms with E-state index in [0.29, 0.717) is 0 Å². The summed E-state index contributed by atoms with van der Waals surface area (Å²) in [5.41, 5.74) is 0.702. The van der Waals surface area contributed by atoms with Crippen molar-refractivity contribution in [1.29, 1.82) is 0 Å². The maximum absolute atomic E-state index is 12.0. The number of nitrogens with one attached hydrogen (secondary N) is 2. The van der Waals surface area contributed by atoms with Gasteiger partial charge in [0.25, 0.3) is 0 Å². The third-order valence-corrected chi connectivity index (χ3v) is 3.64. The van der Waals surface area contributed by atoms with Gasteiger partial charge in [0, 0.05) is 0 Å². The van der Waals surface area contributed by atoms with Crippen LogP contribution >= 0.6 is 0 Å². The highest BCUT2D eigenvalue weighted by atomic mass is 16.3. The molecular weight excluding hydrogens is 276 g/mol. The van der Waals surface area contributed by atoms with Gasteiger partial charge in [-0.1, -0.05) is 60.7 Å². The first kappa shape index (κ1) is 16.0. The number of carbonyl (C=O) groups is 1. The third-order valence-electron chi connectivity index (χ3n) is 3.64. The van der Waals surface area contributed by atoms with E-state index >= 15 is 0 Å². The van der Waals surface area contributed by atoms with Gasteiger partial charge in [0.05, 0.1) is 12.6 Å². The lowest BCUT2D eigenvalue weighted by Gasteiger charge is -2.25. The SMILES string of the molecule is C[C@@H](NC(=O)NC[C@](C)(O)c1ccccc1)c1ccccc1.